The lowest BCUT2D eigenvalue weighted by atomic mass is 10.2. The fourth-order valence-electron chi connectivity index (χ4n) is 2.19. The molecule has 1 heterocycles. The van der Waals surface area contributed by atoms with Crippen LogP contribution in [-0.2, 0) is 23.9 Å². The molecule has 1 saturated heterocycles. The fraction of sp³-hybridized carbons (Fsp3) is 0.556. The Labute approximate surface area is 164 Å². The molecule has 1 aliphatic heterocycles. The maximum Gasteiger partial charge on any atom is 0.333 e. The topological polar surface area (TPSA) is 96.0 Å². The average Bonchev–Trinajstić information content (AvgIpc) is 2.61. The van der Waals surface area contributed by atoms with E-state index in [0.717, 1.165) is 11.8 Å². The Balaban J connectivity index is 2.57. The summed E-state index contributed by atoms with van der Waals surface area (Å²) >= 11 is 1.15. The van der Waals surface area contributed by atoms with E-state index in [1.807, 2.05) is 0 Å². The normalized spacial score (nSPS) is 15.5. The van der Waals surface area contributed by atoms with Crippen molar-refractivity contribution in [3.05, 3.63) is 24.3 Å². The Bertz CT molecular complexity index is 634. The third kappa shape index (κ3) is 7.56. The van der Waals surface area contributed by atoms with Gasteiger partial charge in [-0.25, -0.2) is 4.79 Å². The molecule has 27 heavy (non-hydrogen) atoms. The largest absolute Gasteiger partial charge is 0.456 e. The third-order valence-corrected chi connectivity index (χ3v) is 4.82. The maximum atomic E-state index is 12.1. The number of carbonyl (C=O) groups excluding carboxylic acids is 4. The van der Waals surface area contributed by atoms with Crippen LogP contribution in [0, 0.1) is 0 Å². The summed E-state index contributed by atoms with van der Waals surface area (Å²) in [6.45, 7) is 12.1. The van der Waals surface area contributed by atoms with Gasteiger partial charge in [0.1, 0.15) is 6.10 Å². The number of rotatable bonds is 10. The number of hydrogen-bond donors (Lipinski definition) is 1. The maximum absolute atomic E-state index is 12.1. The molecule has 0 bridgehead atoms. The van der Waals surface area contributed by atoms with E-state index in [9.17, 15) is 19.2 Å². The van der Waals surface area contributed by atoms with Crippen LogP contribution in [0.4, 0.5) is 0 Å². The van der Waals surface area contributed by atoms with Crippen molar-refractivity contribution in [1.29, 1.82) is 0 Å². The second kappa shape index (κ2) is 10.9. The molecule has 0 spiro atoms. The molecule has 0 aromatic rings. The highest BCUT2D eigenvalue weighted by molar-refractivity contribution is 8.14. The molecule has 0 aromatic carbocycles. The monoisotopic (exact) mass is 397 g/mol. The van der Waals surface area contributed by atoms with Gasteiger partial charge in [-0.3, -0.25) is 14.4 Å². The molecule has 8 nitrogen and oxygen atoms in total. The number of esters is 1. The van der Waals surface area contributed by atoms with Crippen LogP contribution in [0.2, 0.25) is 0 Å². The molecule has 0 aliphatic carbocycles. The minimum Gasteiger partial charge on any atom is -0.456 e. The summed E-state index contributed by atoms with van der Waals surface area (Å²) in [4.78, 5) is 50.0. The highest BCUT2D eigenvalue weighted by Crippen LogP contribution is 2.09. The molecule has 0 saturated carbocycles. The summed E-state index contributed by atoms with van der Waals surface area (Å²) < 4.78 is 5.38. The smallest absolute Gasteiger partial charge is 0.333 e. The van der Waals surface area contributed by atoms with Gasteiger partial charge in [0.15, 0.2) is 0 Å². The molecular weight excluding hydrogens is 370 g/mol. The van der Waals surface area contributed by atoms with Gasteiger partial charge in [0.25, 0.3) is 0 Å². The molecule has 9 heteroatoms. The van der Waals surface area contributed by atoms with Crippen molar-refractivity contribution < 1.29 is 23.9 Å². The van der Waals surface area contributed by atoms with E-state index in [1.165, 1.54) is 16.7 Å². The van der Waals surface area contributed by atoms with Crippen LogP contribution >= 0.6 is 11.8 Å². The molecule has 1 rings (SSSR count). The second-order valence-electron chi connectivity index (χ2n) is 6.41. The summed E-state index contributed by atoms with van der Waals surface area (Å²) in [6, 6.07) is 0. The number of carbonyl (C=O) groups is 4. The molecule has 1 unspecified atom stereocenters. The van der Waals surface area contributed by atoms with E-state index in [1.54, 1.807) is 14.0 Å². The summed E-state index contributed by atoms with van der Waals surface area (Å²) in [5, 5.41) is 3.04. The van der Waals surface area contributed by atoms with E-state index in [4.69, 9.17) is 4.74 Å². The van der Waals surface area contributed by atoms with Crippen LogP contribution in [0.15, 0.2) is 24.3 Å². The predicted molar refractivity (Wildman–Crippen MR) is 104 cm³/mol. The predicted octanol–water partition coefficient (Wildman–Crippen LogP) is 0.200. The van der Waals surface area contributed by atoms with Gasteiger partial charge in [-0.2, -0.15) is 0 Å². The molecule has 1 atom stereocenters. The van der Waals surface area contributed by atoms with Gasteiger partial charge in [-0.1, -0.05) is 24.9 Å². The molecule has 1 N–H and O–H groups in total. The number of ether oxygens (including phenoxy) is 1. The zero-order valence-electron chi connectivity index (χ0n) is 16.1. The van der Waals surface area contributed by atoms with Crippen molar-refractivity contribution in [2.24, 2.45) is 0 Å². The second-order valence-corrected chi connectivity index (χ2v) is 7.47. The first-order chi connectivity index (χ1) is 12.6. The number of thioether (sulfide) groups is 1. The first-order valence-corrected chi connectivity index (χ1v) is 9.56. The Morgan fingerprint density at radius 3 is 2.44 bits per heavy atom. The minimum atomic E-state index is -0.629. The van der Waals surface area contributed by atoms with Crippen LogP contribution in [0.25, 0.3) is 0 Å². The van der Waals surface area contributed by atoms with Gasteiger partial charge in [-0.15, -0.1) is 0 Å². The number of amides is 2. The number of nitrogens with one attached hydrogen (secondary N) is 1. The van der Waals surface area contributed by atoms with Crippen molar-refractivity contribution >= 4 is 34.7 Å². The molecule has 150 valence electrons. The van der Waals surface area contributed by atoms with Crippen LogP contribution in [-0.4, -0.2) is 84.3 Å². The number of likely N-dealkylation sites (N-methyl/N-ethyl adjacent to an activating group) is 1. The summed E-state index contributed by atoms with van der Waals surface area (Å²) in [7, 11) is 1.57. The minimum absolute atomic E-state index is 0.0661. The molecular formula is C18H27N3O5S. The summed E-state index contributed by atoms with van der Waals surface area (Å²) in [5.74, 6) is -1.20. The quantitative estimate of drug-likeness (QED) is 0.243. The first kappa shape index (κ1) is 22.9. The van der Waals surface area contributed by atoms with Crippen LogP contribution in [0.1, 0.15) is 13.8 Å². The Morgan fingerprint density at radius 2 is 1.85 bits per heavy atom. The van der Waals surface area contributed by atoms with Crippen molar-refractivity contribution in [3.8, 4) is 0 Å². The van der Waals surface area contributed by atoms with Crippen LogP contribution in [0.3, 0.4) is 0 Å². The zero-order chi connectivity index (χ0) is 20.6. The van der Waals surface area contributed by atoms with Gasteiger partial charge in [0, 0.05) is 44.6 Å². The molecule has 1 fully saturated rings. The van der Waals surface area contributed by atoms with Gasteiger partial charge < -0.3 is 19.9 Å². The Kier molecular flexibility index (Phi) is 9.23. The molecule has 0 radical (unpaired) electrons. The average molecular weight is 397 g/mol. The van der Waals surface area contributed by atoms with E-state index < -0.39 is 23.9 Å². The lowest BCUT2D eigenvalue weighted by molar-refractivity contribution is -0.158. The van der Waals surface area contributed by atoms with Crippen LogP contribution < -0.4 is 5.32 Å². The summed E-state index contributed by atoms with van der Waals surface area (Å²) in [6.07, 6.45) is -0.629. The summed E-state index contributed by atoms with van der Waals surface area (Å²) in [5.41, 5.74) is 0.745. The van der Waals surface area contributed by atoms with Gasteiger partial charge in [0.2, 0.25) is 5.12 Å². The SMILES string of the molecule is C=C(C)C(=O)OC(CNCCSC(=O)C(=C)C)CN1CCN(C)C(=O)C1=O. The molecule has 1 aliphatic rings. The standard InChI is InChI=1S/C18H27N3O5S/c1-12(2)17(24)26-14(10-19-6-9-27-18(25)13(3)4)11-21-8-7-20(5)15(22)16(21)23/h14,19H,1,3,6-11H2,2,4-5H3. The van der Waals surface area contributed by atoms with Gasteiger partial charge in [-0.05, 0) is 19.4 Å². The Hall–Kier alpha value is -2.13. The van der Waals surface area contributed by atoms with E-state index in [2.05, 4.69) is 18.5 Å². The highest BCUT2D eigenvalue weighted by atomic mass is 32.2. The number of piperazine rings is 1. The van der Waals surface area contributed by atoms with E-state index in [0.29, 0.717) is 31.0 Å². The van der Waals surface area contributed by atoms with Crippen molar-refractivity contribution in [2.45, 2.75) is 20.0 Å². The Morgan fingerprint density at radius 1 is 1.19 bits per heavy atom. The van der Waals surface area contributed by atoms with Crippen molar-refractivity contribution in [1.82, 2.24) is 15.1 Å². The highest BCUT2D eigenvalue weighted by Gasteiger charge is 2.32. The third-order valence-electron chi connectivity index (χ3n) is 3.80. The van der Waals surface area contributed by atoms with Crippen molar-refractivity contribution in [3.63, 3.8) is 0 Å². The zero-order valence-corrected chi connectivity index (χ0v) is 16.9. The molecule has 2 amide bonds. The van der Waals surface area contributed by atoms with Crippen molar-refractivity contribution in [2.75, 3.05) is 45.5 Å². The number of nitrogens with zero attached hydrogens (tertiary/aromatic N) is 2. The molecule has 0 aromatic heterocycles. The van der Waals surface area contributed by atoms with Gasteiger partial charge in [0.05, 0.1) is 6.54 Å². The van der Waals surface area contributed by atoms with Gasteiger partial charge >= 0.3 is 17.8 Å². The van der Waals surface area contributed by atoms with E-state index >= 15 is 0 Å². The number of hydrogen-bond acceptors (Lipinski definition) is 7. The van der Waals surface area contributed by atoms with E-state index in [-0.39, 0.29) is 23.8 Å². The lowest BCUT2D eigenvalue weighted by Gasteiger charge is -2.33. The lowest BCUT2D eigenvalue weighted by Crippen LogP contribution is -2.55. The van der Waals surface area contributed by atoms with Crippen LogP contribution in [0.5, 0.6) is 0 Å². The first-order valence-electron chi connectivity index (χ1n) is 8.57. The fourth-order valence-corrected chi connectivity index (χ4v) is 2.87.